The van der Waals surface area contributed by atoms with Gasteiger partial charge in [0.15, 0.2) is 0 Å². The van der Waals surface area contributed by atoms with E-state index >= 15 is 0 Å². The Hall–Kier alpha value is 1.38. The molecule has 142 valence electrons. The summed E-state index contributed by atoms with van der Waals surface area (Å²) in [7, 11) is -10.9. The first kappa shape index (κ1) is 28.4. The van der Waals surface area contributed by atoms with Crippen LogP contribution in [0.5, 0.6) is 0 Å². The number of ether oxygens (including phenoxy) is 1. The maximum absolute atomic E-state index is 11.8. The Balaban J connectivity index is 0.00000338. The Labute approximate surface area is 211 Å². The van der Waals surface area contributed by atoms with E-state index in [0.29, 0.717) is 0 Å². The number of nitrogens with zero attached hydrogens (tertiary/aromatic N) is 1. The molecule has 2 rings (SSSR count). The van der Waals surface area contributed by atoms with Crippen molar-refractivity contribution in [1.29, 1.82) is 0 Å². The van der Waals surface area contributed by atoms with Crippen molar-refractivity contribution in [1.82, 2.24) is 9.55 Å². The average molecular weight is 478 g/mol. The molecule has 0 amide bonds. The Morgan fingerprint density at radius 2 is 1.81 bits per heavy atom. The van der Waals surface area contributed by atoms with Crippen LogP contribution >= 0.6 is 15.6 Å². The van der Waals surface area contributed by atoms with Crippen LogP contribution in [0.25, 0.3) is 0 Å². The molecule has 1 N–H and O–H groups in total. The maximum atomic E-state index is 11.8. The summed E-state index contributed by atoms with van der Waals surface area (Å²) in [5.41, 5.74) is -1.39. The van der Waals surface area contributed by atoms with E-state index in [4.69, 9.17) is 4.74 Å². The molecule has 17 heteroatoms. The Morgan fingerprint density at radius 1 is 1.22 bits per heavy atom. The molecule has 1 fully saturated rings. The van der Waals surface area contributed by atoms with Crippen LogP contribution in [0.15, 0.2) is 15.8 Å². The first-order valence-electron chi connectivity index (χ1n) is 6.70. The van der Waals surface area contributed by atoms with Crippen molar-refractivity contribution >= 4 is 91.1 Å². The topological polar surface area (TPSA) is 209 Å². The van der Waals surface area contributed by atoms with Gasteiger partial charge < -0.3 is 42.5 Å². The second-order valence-corrected chi connectivity index (χ2v) is 7.44. The fourth-order valence-electron chi connectivity index (χ4n) is 2.26. The second-order valence-electron chi connectivity index (χ2n) is 5.18. The zero-order chi connectivity index (χ0) is 19.0. The minimum Gasteiger partial charge on any atom is -0.790 e. The normalized spacial score (nSPS) is 22.8. The molecule has 0 spiro atoms. The first-order chi connectivity index (χ1) is 11.4. The summed E-state index contributed by atoms with van der Waals surface area (Å²) in [6, 6.07) is 0. The van der Waals surface area contributed by atoms with Crippen molar-refractivity contribution in [2.24, 2.45) is 0 Å². The van der Waals surface area contributed by atoms with Crippen LogP contribution in [0.1, 0.15) is 18.2 Å². The number of phosphoric acid groups is 2. The number of aryl methyl sites for hydroxylation is 1. The Bertz CT molecular complexity index is 846. The first-order valence-corrected chi connectivity index (χ1v) is 9.62. The van der Waals surface area contributed by atoms with Crippen molar-refractivity contribution in [3.05, 3.63) is 32.6 Å². The van der Waals surface area contributed by atoms with Crippen LogP contribution < -0.4 is 30.8 Å². The Morgan fingerprint density at radius 3 is 2.33 bits per heavy atom. The summed E-state index contributed by atoms with van der Waals surface area (Å²) in [5, 5.41) is 0. The van der Waals surface area contributed by atoms with E-state index in [-0.39, 0.29) is 87.5 Å². The van der Waals surface area contributed by atoms with E-state index < -0.39 is 51.9 Å². The third-order valence-corrected chi connectivity index (χ3v) is 4.29. The number of hydrogen-bond donors (Lipinski definition) is 1. The van der Waals surface area contributed by atoms with Crippen molar-refractivity contribution in [2.75, 3.05) is 6.61 Å². The molecule has 1 aromatic heterocycles. The van der Waals surface area contributed by atoms with Gasteiger partial charge in [-0.05, 0) is 6.92 Å². The minimum absolute atomic E-state index is 0. The number of rotatable bonds is 6. The second kappa shape index (κ2) is 11.1. The predicted molar refractivity (Wildman–Crippen MR) is 82.1 cm³/mol. The Kier molecular flexibility index (Phi) is 11.7. The summed E-state index contributed by atoms with van der Waals surface area (Å²) >= 11 is 0. The van der Waals surface area contributed by atoms with E-state index in [9.17, 15) is 38.3 Å². The molecule has 0 radical (unpaired) electrons. The largest absolute Gasteiger partial charge is 2.00 e. The summed E-state index contributed by atoms with van der Waals surface area (Å²) < 4.78 is 35.8. The summed E-state index contributed by atoms with van der Waals surface area (Å²) in [6.07, 6.45) is -3.33. The van der Waals surface area contributed by atoms with Gasteiger partial charge in [-0.2, -0.15) is 0 Å². The van der Waals surface area contributed by atoms with Gasteiger partial charge >= 0.3 is 81.2 Å². The molecule has 0 bridgehead atoms. The molecule has 27 heavy (non-hydrogen) atoms. The van der Waals surface area contributed by atoms with E-state index in [1.165, 1.54) is 6.92 Å². The smallest absolute Gasteiger partial charge is 0.790 e. The summed E-state index contributed by atoms with van der Waals surface area (Å²) in [6.45, 7) is 0.482. The quantitative estimate of drug-likeness (QED) is 0.304. The van der Waals surface area contributed by atoms with E-state index in [1.54, 1.807) is 0 Å². The summed E-state index contributed by atoms with van der Waals surface area (Å²) in [5.74, 6) is 0. The van der Waals surface area contributed by atoms with Gasteiger partial charge in [-0.15, -0.1) is 0 Å². The van der Waals surface area contributed by atoms with Gasteiger partial charge in [-0.1, -0.05) is 0 Å². The van der Waals surface area contributed by atoms with E-state index in [0.717, 1.165) is 10.8 Å². The van der Waals surface area contributed by atoms with Gasteiger partial charge in [0.1, 0.15) is 12.3 Å². The number of nitrogens with one attached hydrogen (secondary N) is 1. The van der Waals surface area contributed by atoms with Gasteiger partial charge in [0.25, 0.3) is 5.56 Å². The van der Waals surface area contributed by atoms with E-state index in [1.807, 2.05) is 4.98 Å². The van der Waals surface area contributed by atoms with Gasteiger partial charge in [-0.3, -0.25) is 14.3 Å². The van der Waals surface area contributed by atoms with Gasteiger partial charge in [0.05, 0.1) is 28.4 Å². The van der Waals surface area contributed by atoms with Crippen molar-refractivity contribution in [3.8, 4) is 0 Å². The molecule has 13 nitrogen and oxygen atoms in total. The van der Waals surface area contributed by atoms with Crippen LogP contribution in [-0.4, -0.2) is 104 Å². The van der Waals surface area contributed by atoms with Gasteiger partial charge in [0, 0.05) is 18.2 Å². The molecule has 1 aliphatic rings. The zero-order valence-electron chi connectivity index (χ0n) is 14.0. The van der Waals surface area contributed by atoms with Crippen molar-refractivity contribution in [2.45, 2.75) is 31.8 Å². The molecule has 3 atom stereocenters. The molecular formula is C10H12Ca2N2O11P2. The molecule has 0 aromatic carbocycles. The van der Waals surface area contributed by atoms with Crippen LogP contribution in [0.3, 0.4) is 0 Å². The van der Waals surface area contributed by atoms with Crippen LogP contribution in [0, 0.1) is 6.92 Å². The molecule has 0 unspecified atom stereocenters. The van der Waals surface area contributed by atoms with Crippen LogP contribution in [0.4, 0.5) is 0 Å². The molecule has 0 aliphatic carbocycles. The molecular weight excluding hydrogens is 466 g/mol. The fourth-order valence-corrected chi connectivity index (χ4v) is 3.15. The maximum Gasteiger partial charge on any atom is 2.00 e. The third-order valence-electron chi connectivity index (χ3n) is 3.30. The molecule has 0 saturated carbocycles. The van der Waals surface area contributed by atoms with Gasteiger partial charge in [-0.25, -0.2) is 4.79 Å². The molecule has 1 aromatic rings. The molecule has 1 saturated heterocycles. The van der Waals surface area contributed by atoms with Crippen molar-refractivity contribution in [3.63, 3.8) is 0 Å². The standard InChI is InChI=1S/C10H16N2O11P2.2Ca/c1-5-3-12(10(14)11-9(5)13)8-2-6(23-25(18,19)20)7(22-8)4-21-24(15,16)17;;/h3,6-8H,2,4H2,1H3,(H,11,13,14)(H2,15,16,17)(H2,18,19,20);;/q;2*+2/p-4/t6-,7+,8+;;/m0../s1. The third kappa shape index (κ3) is 8.95. The molecule has 2 heterocycles. The average Bonchev–Trinajstić information content (AvgIpc) is 2.80. The summed E-state index contributed by atoms with van der Waals surface area (Å²) in [4.78, 5) is 67.9. The molecule has 1 aliphatic heterocycles. The van der Waals surface area contributed by atoms with Crippen LogP contribution in [0.2, 0.25) is 0 Å². The number of aromatic nitrogens is 2. The zero-order valence-corrected chi connectivity index (χ0v) is 20.2. The number of hydrogen-bond acceptors (Lipinski definition) is 11. The van der Waals surface area contributed by atoms with Gasteiger partial charge in [0.2, 0.25) is 0 Å². The number of H-pyrrole nitrogens is 1. The number of phosphoric ester groups is 2. The van der Waals surface area contributed by atoms with Crippen LogP contribution in [-0.2, 0) is 22.9 Å². The fraction of sp³-hybridized carbons (Fsp3) is 0.600. The SMILES string of the molecule is Cc1cn([C@H]2C[C@H](OP(=O)([O-])[O-])[C@@H](COP(=O)([O-])[O-])O2)c(=O)[nH]c1=O.[Ca+2].[Ca+2]. The minimum atomic E-state index is -5.47. The van der Waals surface area contributed by atoms with E-state index in [2.05, 4.69) is 9.05 Å². The predicted octanol–water partition coefficient (Wildman–Crippen LogP) is -4.57. The van der Waals surface area contributed by atoms with Crippen molar-refractivity contribution < 1.29 is 42.5 Å². The monoisotopic (exact) mass is 478 g/mol. The number of aromatic amines is 1.